The van der Waals surface area contributed by atoms with Gasteiger partial charge in [-0.05, 0) is 24.3 Å². The molecule has 1 aliphatic heterocycles. The molecule has 0 radical (unpaired) electrons. The van der Waals surface area contributed by atoms with E-state index in [-0.39, 0.29) is 12.3 Å². The largest absolute Gasteiger partial charge is 0.378 e. The lowest BCUT2D eigenvalue weighted by atomic mass is 10.2. The van der Waals surface area contributed by atoms with Gasteiger partial charge in [0.05, 0.1) is 25.1 Å². The summed E-state index contributed by atoms with van der Waals surface area (Å²) in [6.45, 7) is 3.13. The number of anilines is 2. The fourth-order valence-corrected chi connectivity index (χ4v) is 2.87. The second kappa shape index (κ2) is 8.57. The van der Waals surface area contributed by atoms with Crippen LogP contribution in [0.15, 0.2) is 47.4 Å². The highest BCUT2D eigenvalue weighted by Crippen LogP contribution is 2.17. The molecule has 1 saturated heterocycles. The zero-order valence-electron chi connectivity index (χ0n) is 15.2. The molecule has 4 heterocycles. The van der Waals surface area contributed by atoms with Gasteiger partial charge in [-0.15, -0.1) is 0 Å². The fraction of sp³-hybridized carbons (Fsp3) is 0.316. The molecule has 1 aliphatic rings. The van der Waals surface area contributed by atoms with E-state index in [1.165, 1.54) is 0 Å². The van der Waals surface area contributed by atoms with E-state index in [9.17, 15) is 4.79 Å². The van der Waals surface area contributed by atoms with E-state index >= 15 is 0 Å². The Labute approximate surface area is 161 Å². The van der Waals surface area contributed by atoms with Crippen LogP contribution in [0.2, 0.25) is 0 Å². The lowest BCUT2D eigenvalue weighted by Gasteiger charge is -2.28. The van der Waals surface area contributed by atoms with E-state index in [0.717, 1.165) is 37.6 Å². The number of hydrogen-bond donors (Lipinski definition) is 1. The summed E-state index contributed by atoms with van der Waals surface area (Å²) in [4.78, 5) is 27.0. The Hall–Kier alpha value is -3.33. The Bertz CT molecular complexity index is 907. The molecule has 0 saturated carbocycles. The molecule has 144 valence electrons. The maximum Gasteiger partial charge on any atom is 0.227 e. The summed E-state index contributed by atoms with van der Waals surface area (Å²) < 4.78 is 10.6. The van der Waals surface area contributed by atoms with Gasteiger partial charge in [0.15, 0.2) is 0 Å². The summed E-state index contributed by atoms with van der Waals surface area (Å²) in [6, 6.07) is 7.35. The van der Waals surface area contributed by atoms with Gasteiger partial charge < -0.3 is 19.5 Å². The molecule has 28 heavy (non-hydrogen) atoms. The first kappa shape index (κ1) is 18.1. The normalized spacial score (nSPS) is 14.1. The second-order valence-electron chi connectivity index (χ2n) is 6.30. The van der Waals surface area contributed by atoms with Crippen LogP contribution in [-0.4, -0.2) is 52.3 Å². The zero-order chi connectivity index (χ0) is 19.2. The number of hydrogen-bond acceptors (Lipinski definition) is 8. The first-order valence-electron chi connectivity index (χ1n) is 9.09. The highest BCUT2D eigenvalue weighted by atomic mass is 16.5. The van der Waals surface area contributed by atoms with Crippen LogP contribution in [0.3, 0.4) is 0 Å². The third-order valence-electron chi connectivity index (χ3n) is 4.36. The number of pyridine rings is 2. The molecule has 1 amide bonds. The minimum atomic E-state index is -0.157. The van der Waals surface area contributed by atoms with Crippen molar-refractivity contribution in [2.75, 3.05) is 36.5 Å². The molecule has 1 N–H and O–H groups in total. The van der Waals surface area contributed by atoms with E-state index in [4.69, 9.17) is 9.26 Å². The second-order valence-corrected chi connectivity index (χ2v) is 6.30. The molecule has 0 spiro atoms. The van der Waals surface area contributed by atoms with Gasteiger partial charge >= 0.3 is 0 Å². The summed E-state index contributed by atoms with van der Waals surface area (Å²) in [5.41, 5.74) is 1.84. The number of aryl methyl sites for hydroxylation is 1. The van der Waals surface area contributed by atoms with Crippen molar-refractivity contribution in [1.29, 1.82) is 0 Å². The SMILES string of the molecule is O=C(CCc1nc(-c2ccncc2)no1)Nc1ccc(N2CCOCC2)cn1. The molecule has 0 atom stereocenters. The van der Waals surface area contributed by atoms with E-state index in [1.807, 2.05) is 6.07 Å². The molecular weight excluding hydrogens is 360 g/mol. The minimum Gasteiger partial charge on any atom is -0.378 e. The van der Waals surface area contributed by atoms with Gasteiger partial charge in [0.1, 0.15) is 5.82 Å². The van der Waals surface area contributed by atoms with Gasteiger partial charge in [0.25, 0.3) is 0 Å². The maximum absolute atomic E-state index is 12.2. The van der Waals surface area contributed by atoms with E-state index in [0.29, 0.717) is 24.0 Å². The molecule has 9 nitrogen and oxygen atoms in total. The predicted molar refractivity (Wildman–Crippen MR) is 102 cm³/mol. The predicted octanol–water partition coefficient (Wildman–Crippen LogP) is 1.93. The van der Waals surface area contributed by atoms with Crippen molar-refractivity contribution < 1.29 is 14.1 Å². The molecule has 0 aliphatic carbocycles. The van der Waals surface area contributed by atoms with Gasteiger partial charge in [0.2, 0.25) is 17.6 Å². The molecule has 3 aromatic heterocycles. The van der Waals surface area contributed by atoms with E-state index in [1.54, 1.807) is 36.8 Å². The summed E-state index contributed by atoms with van der Waals surface area (Å²) in [7, 11) is 0. The average Bonchev–Trinajstić information content (AvgIpc) is 3.23. The monoisotopic (exact) mass is 380 g/mol. The van der Waals surface area contributed by atoms with Crippen LogP contribution in [0.5, 0.6) is 0 Å². The van der Waals surface area contributed by atoms with Crippen molar-refractivity contribution in [3.63, 3.8) is 0 Å². The number of ether oxygens (including phenoxy) is 1. The number of carbonyl (C=O) groups excluding carboxylic acids is 1. The maximum atomic E-state index is 12.2. The van der Waals surface area contributed by atoms with Crippen molar-refractivity contribution >= 4 is 17.4 Å². The van der Waals surface area contributed by atoms with Gasteiger partial charge in [-0.3, -0.25) is 9.78 Å². The lowest BCUT2D eigenvalue weighted by molar-refractivity contribution is -0.116. The summed E-state index contributed by atoms with van der Waals surface area (Å²) >= 11 is 0. The van der Waals surface area contributed by atoms with Crippen LogP contribution in [0.1, 0.15) is 12.3 Å². The Kier molecular flexibility index (Phi) is 5.53. The Morgan fingerprint density at radius 2 is 1.96 bits per heavy atom. The Balaban J connectivity index is 1.28. The van der Waals surface area contributed by atoms with Crippen molar-refractivity contribution in [3.8, 4) is 11.4 Å². The van der Waals surface area contributed by atoms with Crippen LogP contribution >= 0.6 is 0 Å². The van der Waals surface area contributed by atoms with Crippen LogP contribution in [0.25, 0.3) is 11.4 Å². The number of carbonyl (C=O) groups is 1. The molecule has 4 rings (SSSR count). The highest BCUT2D eigenvalue weighted by Gasteiger charge is 2.13. The molecule has 0 bridgehead atoms. The molecule has 1 fully saturated rings. The number of morpholine rings is 1. The first-order valence-corrected chi connectivity index (χ1v) is 9.09. The smallest absolute Gasteiger partial charge is 0.227 e. The fourth-order valence-electron chi connectivity index (χ4n) is 2.87. The molecular formula is C19H20N6O3. The van der Waals surface area contributed by atoms with Crippen LogP contribution in [-0.2, 0) is 16.0 Å². The summed E-state index contributed by atoms with van der Waals surface area (Å²) in [5.74, 6) is 1.26. The third kappa shape index (κ3) is 4.49. The minimum absolute atomic E-state index is 0.157. The standard InChI is InChI=1S/C19H20N6O3/c26-17(3-4-18-23-19(24-28-18)14-5-7-20-8-6-14)22-16-2-1-15(13-21-16)25-9-11-27-12-10-25/h1-2,5-8,13H,3-4,9-12H2,(H,21,22,26). The van der Waals surface area contributed by atoms with Crippen molar-refractivity contribution in [2.45, 2.75) is 12.8 Å². The number of nitrogens with zero attached hydrogens (tertiary/aromatic N) is 5. The Morgan fingerprint density at radius 1 is 1.14 bits per heavy atom. The van der Waals surface area contributed by atoms with Gasteiger partial charge in [-0.1, -0.05) is 5.16 Å². The molecule has 0 unspecified atom stereocenters. The quantitative estimate of drug-likeness (QED) is 0.691. The van der Waals surface area contributed by atoms with Crippen molar-refractivity contribution in [2.24, 2.45) is 0 Å². The lowest BCUT2D eigenvalue weighted by Crippen LogP contribution is -2.36. The van der Waals surface area contributed by atoms with Gasteiger partial charge in [0, 0.05) is 43.9 Å². The van der Waals surface area contributed by atoms with Crippen LogP contribution in [0, 0.1) is 0 Å². The number of amides is 1. The van der Waals surface area contributed by atoms with Crippen LogP contribution in [0.4, 0.5) is 11.5 Å². The molecule has 9 heteroatoms. The molecule has 0 aromatic carbocycles. The average molecular weight is 380 g/mol. The van der Waals surface area contributed by atoms with Crippen molar-refractivity contribution in [1.82, 2.24) is 20.1 Å². The van der Waals surface area contributed by atoms with Gasteiger partial charge in [-0.2, -0.15) is 4.98 Å². The third-order valence-corrected chi connectivity index (χ3v) is 4.36. The number of nitrogens with one attached hydrogen (secondary N) is 1. The number of rotatable bonds is 6. The van der Waals surface area contributed by atoms with Gasteiger partial charge in [-0.25, -0.2) is 4.98 Å². The molecule has 3 aromatic rings. The first-order chi connectivity index (χ1) is 13.8. The zero-order valence-corrected chi connectivity index (χ0v) is 15.2. The Morgan fingerprint density at radius 3 is 2.71 bits per heavy atom. The topological polar surface area (TPSA) is 106 Å². The van der Waals surface area contributed by atoms with E-state index < -0.39 is 0 Å². The number of aromatic nitrogens is 4. The van der Waals surface area contributed by atoms with Crippen LogP contribution < -0.4 is 10.2 Å². The van der Waals surface area contributed by atoms with E-state index in [2.05, 4.69) is 30.3 Å². The summed E-state index contributed by atoms with van der Waals surface area (Å²) in [6.07, 6.45) is 5.67. The summed E-state index contributed by atoms with van der Waals surface area (Å²) in [5, 5.41) is 6.72. The van der Waals surface area contributed by atoms with Crippen molar-refractivity contribution in [3.05, 3.63) is 48.7 Å². The highest BCUT2D eigenvalue weighted by molar-refractivity contribution is 5.89.